The first-order valence-corrected chi connectivity index (χ1v) is 7.30. The Bertz CT molecular complexity index is 356. The number of methoxy groups -OCH3 is 1. The molecule has 1 aliphatic rings. The Hall–Kier alpha value is -1.35. The molecule has 0 N–H and O–H groups in total. The summed E-state index contributed by atoms with van der Waals surface area (Å²) >= 11 is 0. The van der Waals surface area contributed by atoms with Crippen LogP contribution in [0.25, 0.3) is 0 Å². The molecule has 1 aliphatic heterocycles. The van der Waals surface area contributed by atoms with E-state index in [9.17, 15) is 14.4 Å². The van der Waals surface area contributed by atoms with Crippen molar-refractivity contribution < 1.29 is 33.4 Å². The molecular formula is C14H23NO7. The molecule has 8 heteroatoms. The maximum atomic E-state index is 11.6. The number of imide groups is 1. The van der Waals surface area contributed by atoms with E-state index < -0.39 is 0 Å². The topological polar surface area (TPSA) is 91.4 Å². The number of nitrogens with zero attached hydrogens (tertiary/aromatic N) is 1. The molecule has 0 radical (unpaired) electrons. The third-order valence-electron chi connectivity index (χ3n) is 2.94. The highest BCUT2D eigenvalue weighted by atomic mass is 16.7. The molecule has 0 aromatic carbocycles. The normalized spacial score (nSPS) is 14.9. The van der Waals surface area contributed by atoms with E-state index >= 15 is 0 Å². The minimum Gasteiger partial charge on any atom is -0.382 e. The summed E-state index contributed by atoms with van der Waals surface area (Å²) in [5.41, 5.74) is 0. The van der Waals surface area contributed by atoms with Crippen LogP contribution in [0.15, 0.2) is 0 Å². The lowest BCUT2D eigenvalue weighted by molar-refractivity contribution is -0.188. The van der Waals surface area contributed by atoms with Crippen LogP contribution in [0.5, 0.6) is 0 Å². The minimum atomic E-state index is -0.353. The third-order valence-corrected chi connectivity index (χ3v) is 2.94. The summed E-state index contributed by atoms with van der Waals surface area (Å²) in [6.45, 7) is 2.28. The van der Waals surface area contributed by atoms with Crippen molar-refractivity contribution in [3.05, 3.63) is 0 Å². The van der Waals surface area contributed by atoms with E-state index in [1.807, 2.05) is 0 Å². The van der Waals surface area contributed by atoms with Gasteiger partial charge in [-0.15, -0.1) is 0 Å². The average Bonchev–Trinajstić information content (AvgIpc) is 2.82. The van der Waals surface area contributed by atoms with Gasteiger partial charge in [0, 0.05) is 32.8 Å². The van der Waals surface area contributed by atoms with Crippen LogP contribution in [-0.4, -0.2) is 69.4 Å². The van der Waals surface area contributed by atoms with E-state index in [1.54, 1.807) is 7.11 Å². The molecule has 0 aliphatic carbocycles. The van der Waals surface area contributed by atoms with Crippen LogP contribution in [0.2, 0.25) is 0 Å². The highest BCUT2D eigenvalue weighted by Gasteiger charge is 2.30. The summed E-state index contributed by atoms with van der Waals surface area (Å²) in [5.74, 6) is -0.747. The number of hydroxylamine groups is 2. The fourth-order valence-corrected chi connectivity index (χ4v) is 1.73. The Morgan fingerprint density at radius 2 is 1.45 bits per heavy atom. The Kier molecular flexibility index (Phi) is 9.56. The predicted molar refractivity (Wildman–Crippen MR) is 74.8 cm³/mol. The first kappa shape index (κ1) is 18.7. The fraction of sp³-hybridized carbons (Fsp3) is 0.786. The monoisotopic (exact) mass is 317 g/mol. The van der Waals surface area contributed by atoms with Gasteiger partial charge in [0.15, 0.2) is 0 Å². The molecule has 1 saturated heterocycles. The van der Waals surface area contributed by atoms with Crippen LogP contribution in [0.3, 0.4) is 0 Å². The number of Topliss-reactive ketones (excluding diaryl/α,β-unsaturated/α-hetero) is 1. The second-order valence-corrected chi connectivity index (χ2v) is 4.67. The highest BCUT2D eigenvalue weighted by Crippen LogP contribution is 2.12. The van der Waals surface area contributed by atoms with Crippen molar-refractivity contribution in [1.29, 1.82) is 0 Å². The molecule has 1 fully saturated rings. The van der Waals surface area contributed by atoms with Gasteiger partial charge in [0.25, 0.3) is 11.8 Å². The van der Waals surface area contributed by atoms with Crippen molar-refractivity contribution in [3.8, 4) is 0 Å². The lowest BCUT2D eigenvalue weighted by atomic mass is 10.2. The number of hydrogen-bond donors (Lipinski definition) is 0. The molecule has 0 aromatic rings. The number of hydrogen-bond acceptors (Lipinski definition) is 7. The van der Waals surface area contributed by atoms with Crippen LogP contribution in [-0.2, 0) is 33.4 Å². The molecule has 1 heterocycles. The average molecular weight is 317 g/mol. The van der Waals surface area contributed by atoms with E-state index in [2.05, 4.69) is 0 Å². The SMILES string of the molecule is COCCOCCOCCC(=O)CCON1C(=O)CCC1=O. The fourth-order valence-electron chi connectivity index (χ4n) is 1.73. The lowest BCUT2D eigenvalue weighted by Gasteiger charge is -2.12. The van der Waals surface area contributed by atoms with Crippen molar-refractivity contribution in [2.45, 2.75) is 25.7 Å². The van der Waals surface area contributed by atoms with Crippen LogP contribution in [0.1, 0.15) is 25.7 Å². The van der Waals surface area contributed by atoms with E-state index in [1.165, 1.54) is 0 Å². The molecule has 0 spiro atoms. The Morgan fingerprint density at radius 3 is 2.09 bits per heavy atom. The summed E-state index contributed by atoms with van der Waals surface area (Å²) in [6.07, 6.45) is 0.758. The van der Waals surface area contributed by atoms with Gasteiger partial charge in [-0.05, 0) is 0 Å². The lowest BCUT2D eigenvalue weighted by Crippen LogP contribution is -2.30. The first-order valence-electron chi connectivity index (χ1n) is 7.30. The molecule has 0 unspecified atom stereocenters. The van der Waals surface area contributed by atoms with Gasteiger partial charge < -0.3 is 14.2 Å². The van der Waals surface area contributed by atoms with Crippen LogP contribution in [0, 0.1) is 0 Å². The van der Waals surface area contributed by atoms with E-state index in [-0.39, 0.29) is 49.9 Å². The maximum absolute atomic E-state index is 11.6. The number of rotatable bonds is 13. The van der Waals surface area contributed by atoms with Crippen molar-refractivity contribution in [3.63, 3.8) is 0 Å². The van der Waals surface area contributed by atoms with Gasteiger partial charge in [-0.3, -0.25) is 19.2 Å². The zero-order valence-corrected chi connectivity index (χ0v) is 12.9. The van der Waals surface area contributed by atoms with Gasteiger partial charge in [0.2, 0.25) is 0 Å². The van der Waals surface area contributed by atoms with Crippen molar-refractivity contribution in [1.82, 2.24) is 5.06 Å². The first-order chi connectivity index (χ1) is 10.6. The number of ketones is 1. The summed E-state index contributed by atoms with van der Waals surface area (Å²) < 4.78 is 15.3. The quantitative estimate of drug-likeness (QED) is 0.351. The molecule has 8 nitrogen and oxygen atoms in total. The molecular weight excluding hydrogens is 294 g/mol. The van der Waals surface area contributed by atoms with Gasteiger partial charge in [-0.25, -0.2) is 0 Å². The van der Waals surface area contributed by atoms with Crippen LogP contribution < -0.4 is 0 Å². The predicted octanol–water partition coefficient (Wildman–Crippen LogP) is 0.0959. The van der Waals surface area contributed by atoms with Crippen LogP contribution in [0.4, 0.5) is 0 Å². The molecule has 126 valence electrons. The molecule has 22 heavy (non-hydrogen) atoms. The van der Waals surface area contributed by atoms with E-state index in [0.29, 0.717) is 33.0 Å². The summed E-state index contributed by atoms with van der Waals surface area (Å²) in [4.78, 5) is 39.1. The molecule has 0 atom stereocenters. The summed E-state index contributed by atoms with van der Waals surface area (Å²) in [6, 6.07) is 0. The van der Waals surface area contributed by atoms with E-state index in [0.717, 1.165) is 5.06 Å². The Balaban J connectivity index is 1.93. The van der Waals surface area contributed by atoms with E-state index in [4.69, 9.17) is 19.0 Å². The van der Waals surface area contributed by atoms with Gasteiger partial charge in [-0.1, -0.05) is 0 Å². The van der Waals surface area contributed by atoms with Gasteiger partial charge in [0.05, 0.1) is 39.6 Å². The standard InChI is InChI=1S/C14H23NO7/c1-19-8-9-21-11-10-20-6-4-12(16)5-7-22-15-13(17)2-3-14(15)18/h2-11H2,1H3. The molecule has 0 saturated carbocycles. The van der Waals surface area contributed by atoms with Gasteiger partial charge >= 0.3 is 0 Å². The number of amides is 2. The third kappa shape index (κ3) is 7.60. The molecule has 2 amide bonds. The summed E-state index contributed by atoms with van der Waals surface area (Å²) in [7, 11) is 1.60. The zero-order chi connectivity index (χ0) is 16.2. The van der Waals surface area contributed by atoms with Crippen LogP contribution >= 0.6 is 0 Å². The zero-order valence-electron chi connectivity index (χ0n) is 12.9. The largest absolute Gasteiger partial charge is 0.382 e. The van der Waals surface area contributed by atoms with Crippen molar-refractivity contribution in [2.24, 2.45) is 0 Å². The maximum Gasteiger partial charge on any atom is 0.253 e. The molecule has 0 bridgehead atoms. The Morgan fingerprint density at radius 1 is 0.909 bits per heavy atom. The Labute approximate surface area is 129 Å². The second kappa shape index (κ2) is 11.2. The molecule has 1 rings (SSSR count). The second-order valence-electron chi connectivity index (χ2n) is 4.67. The van der Waals surface area contributed by atoms with Crippen molar-refractivity contribution in [2.75, 3.05) is 46.8 Å². The van der Waals surface area contributed by atoms with Crippen molar-refractivity contribution >= 4 is 17.6 Å². The number of carbonyl (C=O) groups is 3. The summed E-state index contributed by atoms with van der Waals surface area (Å²) in [5, 5.41) is 0.751. The number of carbonyl (C=O) groups excluding carboxylic acids is 3. The molecule has 0 aromatic heterocycles. The van der Waals surface area contributed by atoms with Gasteiger partial charge in [0.1, 0.15) is 5.78 Å². The highest BCUT2D eigenvalue weighted by molar-refractivity contribution is 6.00. The number of ether oxygens (including phenoxy) is 3. The van der Waals surface area contributed by atoms with Gasteiger partial charge in [-0.2, -0.15) is 5.06 Å². The smallest absolute Gasteiger partial charge is 0.253 e. The minimum absolute atomic E-state index is 0.0242.